The lowest BCUT2D eigenvalue weighted by atomic mass is 10.3. The third-order valence-electron chi connectivity index (χ3n) is 3.91. The Labute approximate surface area is 151 Å². The van der Waals surface area contributed by atoms with Gasteiger partial charge in [0.25, 0.3) is 10.0 Å². The summed E-state index contributed by atoms with van der Waals surface area (Å²) in [5, 5.41) is 4.69. The molecule has 25 heavy (non-hydrogen) atoms. The molecule has 6 nitrogen and oxygen atoms in total. The number of hydrogen-bond donors (Lipinski definition) is 1. The van der Waals surface area contributed by atoms with Crippen LogP contribution in [0.3, 0.4) is 0 Å². The summed E-state index contributed by atoms with van der Waals surface area (Å²) in [6.45, 7) is 0.823. The second kappa shape index (κ2) is 7.37. The number of benzene rings is 1. The monoisotopic (exact) mass is 377 g/mol. The lowest BCUT2D eigenvalue weighted by Gasteiger charge is -2.11. The Morgan fingerprint density at radius 3 is 2.64 bits per heavy atom. The van der Waals surface area contributed by atoms with Crippen LogP contribution in [0.15, 0.2) is 51.1 Å². The van der Waals surface area contributed by atoms with Crippen LogP contribution in [-0.4, -0.2) is 38.7 Å². The summed E-state index contributed by atoms with van der Waals surface area (Å²) < 4.78 is 28.7. The zero-order valence-corrected chi connectivity index (χ0v) is 15.4. The first-order valence-electron chi connectivity index (χ1n) is 7.91. The molecule has 0 saturated carbocycles. The predicted octanol–water partition coefficient (Wildman–Crippen LogP) is 2.74. The molecule has 1 fully saturated rings. The molecule has 0 bridgehead atoms. The van der Waals surface area contributed by atoms with E-state index in [9.17, 15) is 13.2 Å². The van der Waals surface area contributed by atoms with Crippen LogP contribution >= 0.6 is 11.3 Å². The molecule has 0 radical (unpaired) electrons. The Balaban J connectivity index is 1.68. The highest BCUT2D eigenvalue weighted by molar-refractivity contribution is 7.90. The van der Waals surface area contributed by atoms with Crippen LogP contribution < -0.4 is 5.32 Å². The van der Waals surface area contributed by atoms with E-state index in [1.54, 1.807) is 12.1 Å². The van der Waals surface area contributed by atoms with Gasteiger partial charge in [-0.3, -0.25) is 4.79 Å². The van der Waals surface area contributed by atoms with Crippen molar-refractivity contribution in [2.75, 3.05) is 18.9 Å². The number of amidine groups is 1. The first-order chi connectivity index (χ1) is 11.9. The maximum atomic E-state index is 12.4. The van der Waals surface area contributed by atoms with E-state index in [-0.39, 0.29) is 10.8 Å². The van der Waals surface area contributed by atoms with E-state index in [2.05, 4.69) is 9.71 Å². The number of nitrogens with one attached hydrogen (secondary N) is 1. The maximum Gasteiger partial charge on any atom is 0.283 e. The van der Waals surface area contributed by atoms with Gasteiger partial charge in [-0.2, -0.15) is 8.42 Å². The minimum absolute atomic E-state index is 0.122. The van der Waals surface area contributed by atoms with Gasteiger partial charge in [-0.1, -0.05) is 6.07 Å². The molecule has 132 valence electrons. The summed E-state index contributed by atoms with van der Waals surface area (Å²) in [5.41, 5.74) is 0.561. The molecule has 1 amide bonds. The highest BCUT2D eigenvalue weighted by Crippen LogP contribution is 2.19. The molecule has 1 aromatic heterocycles. The van der Waals surface area contributed by atoms with Gasteiger partial charge < -0.3 is 10.2 Å². The molecule has 8 heteroatoms. The topological polar surface area (TPSA) is 78.8 Å². The number of carbonyl (C=O) groups excluding carboxylic acids is 1. The highest BCUT2D eigenvalue weighted by atomic mass is 32.2. The van der Waals surface area contributed by atoms with Gasteiger partial charge in [-0.25, -0.2) is 0 Å². The van der Waals surface area contributed by atoms with Gasteiger partial charge in [-0.15, -0.1) is 15.7 Å². The van der Waals surface area contributed by atoms with E-state index in [1.807, 2.05) is 29.5 Å². The van der Waals surface area contributed by atoms with Gasteiger partial charge in [0.1, 0.15) is 5.84 Å². The van der Waals surface area contributed by atoms with Crippen LogP contribution in [0.5, 0.6) is 0 Å². The lowest BCUT2D eigenvalue weighted by Crippen LogP contribution is -2.20. The normalized spacial score (nSPS) is 16.4. The summed E-state index contributed by atoms with van der Waals surface area (Å²) in [6.07, 6.45) is 1.89. The fraction of sp³-hybridized carbons (Fsp3) is 0.294. The number of hydrogen-bond acceptors (Lipinski definition) is 4. The Hall–Kier alpha value is -2.19. The highest BCUT2D eigenvalue weighted by Gasteiger charge is 2.20. The molecule has 3 rings (SSSR count). The van der Waals surface area contributed by atoms with Crippen molar-refractivity contribution in [3.05, 3.63) is 46.7 Å². The molecule has 1 aliphatic heterocycles. The number of amides is 1. The summed E-state index contributed by atoms with van der Waals surface area (Å²) in [6, 6.07) is 9.90. The molecule has 0 unspecified atom stereocenters. The molecule has 0 aliphatic carbocycles. The Morgan fingerprint density at radius 1 is 1.28 bits per heavy atom. The zero-order chi connectivity index (χ0) is 17.9. The molecule has 1 saturated heterocycles. The van der Waals surface area contributed by atoms with Gasteiger partial charge in [-0.05, 0) is 42.1 Å². The van der Waals surface area contributed by atoms with Crippen molar-refractivity contribution in [2.24, 2.45) is 4.40 Å². The number of carbonyl (C=O) groups is 1. The number of thiophene rings is 1. The zero-order valence-electron chi connectivity index (χ0n) is 13.8. The molecule has 0 spiro atoms. The van der Waals surface area contributed by atoms with Crippen LogP contribution in [0, 0.1) is 0 Å². The smallest absolute Gasteiger partial charge is 0.283 e. The molecular weight excluding hydrogens is 358 g/mol. The van der Waals surface area contributed by atoms with E-state index in [1.165, 1.54) is 23.5 Å². The van der Waals surface area contributed by atoms with E-state index < -0.39 is 10.0 Å². The Morgan fingerprint density at radius 2 is 2.04 bits per heavy atom. The minimum Gasteiger partial charge on any atom is -0.362 e. The fourth-order valence-corrected chi connectivity index (χ4v) is 4.38. The Kier molecular flexibility index (Phi) is 5.19. The molecular formula is C17H19N3O3S2. The molecule has 2 heterocycles. The summed E-state index contributed by atoms with van der Waals surface area (Å²) in [7, 11) is -1.89. The molecule has 1 aliphatic rings. The number of rotatable bonds is 5. The quantitative estimate of drug-likeness (QED) is 0.869. The standard InChI is InChI=1S/C17H19N3O3S2/c1-20-10-2-5-16(20)19-25(22,23)15-8-6-13(7-9-15)18-17(21)12-14-4-3-11-24-14/h3-4,6-9,11H,2,5,10,12H2,1H3,(H,18,21)/b19-16+. The number of anilines is 1. The predicted molar refractivity (Wildman–Crippen MR) is 99.6 cm³/mol. The third kappa shape index (κ3) is 4.46. The first kappa shape index (κ1) is 17.6. The van der Waals surface area contributed by atoms with Crippen molar-refractivity contribution in [1.82, 2.24) is 4.90 Å². The maximum absolute atomic E-state index is 12.4. The fourth-order valence-electron chi connectivity index (χ4n) is 2.59. The van der Waals surface area contributed by atoms with Crippen molar-refractivity contribution < 1.29 is 13.2 Å². The van der Waals surface area contributed by atoms with Gasteiger partial charge in [0.05, 0.1) is 11.3 Å². The SMILES string of the molecule is CN1CCC/C1=N\S(=O)(=O)c1ccc(NC(=O)Cc2cccs2)cc1. The first-order valence-corrected chi connectivity index (χ1v) is 10.2. The lowest BCUT2D eigenvalue weighted by molar-refractivity contribution is -0.115. The third-order valence-corrected chi connectivity index (χ3v) is 6.11. The molecule has 2 aromatic rings. The number of nitrogens with zero attached hydrogens (tertiary/aromatic N) is 2. The summed E-state index contributed by atoms with van der Waals surface area (Å²) in [4.78, 5) is 14.9. The second-order valence-corrected chi connectivity index (χ2v) is 8.47. The van der Waals surface area contributed by atoms with Crippen LogP contribution in [0.1, 0.15) is 17.7 Å². The molecule has 0 atom stereocenters. The average Bonchev–Trinajstić information content (AvgIpc) is 3.20. The van der Waals surface area contributed by atoms with Gasteiger partial charge in [0, 0.05) is 30.6 Å². The van der Waals surface area contributed by atoms with Gasteiger partial charge >= 0.3 is 0 Å². The van der Waals surface area contributed by atoms with Crippen LogP contribution in [0.25, 0.3) is 0 Å². The van der Waals surface area contributed by atoms with Crippen LogP contribution in [0.2, 0.25) is 0 Å². The van der Waals surface area contributed by atoms with Crippen molar-refractivity contribution in [3.8, 4) is 0 Å². The van der Waals surface area contributed by atoms with Crippen LogP contribution in [-0.2, 0) is 21.2 Å². The van der Waals surface area contributed by atoms with Gasteiger partial charge in [0.15, 0.2) is 0 Å². The summed E-state index contributed by atoms with van der Waals surface area (Å²) >= 11 is 1.52. The van der Waals surface area contributed by atoms with Crippen molar-refractivity contribution in [3.63, 3.8) is 0 Å². The second-order valence-electron chi connectivity index (χ2n) is 5.84. The minimum atomic E-state index is -3.73. The van der Waals surface area contributed by atoms with Crippen molar-refractivity contribution in [2.45, 2.75) is 24.2 Å². The molecule has 1 aromatic carbocycles. The van der Waals surface area contributed by atoms with Crippen molar-refractivity contribution in [1.29, 1.82) is 0 Å². The Bertz CT molecular complexity index is 872. The van der Waals surface area contributed by atoms with Crippen LogP contribution in [0.4, 0.5) is 5.69 Å². The number of sulfonamides is 1. The van der Waals surface area contributed by atoms with E-state index in [4.69, 9.17) is 0 Å². The largest absolute Gasteiger partial charge is 0.362 e. The average molecular weight is 377 g/mol. The van der Waals surface area contributed by atoms with Crippen molar-refractivity contribution >= 4 is 38.8 Å². The van der Waals surface area contributed by atoms with E-state index >= 15 is 0 Å². The van der Waals surface area contributed by atoms with E-state index in [0.29, 0.717) is 24.4 Å². The summed E-state index contributed by atoms with van der Waals surface area (Å²) in [5.74, 6) is 0.458. The molecule has 1 N–H and O–H groups in total. The number of likely N-dealkylation sites (tertiary alicyclic amines) is 1. The van der Waals surface area contributed by atoms with E-state index in [0.717, 1.165) is 17.8 Å². The van der Waals surface area contributed by atoms with Gasteiger partial charge in [0.2, 0.25) is 5.91 Å².